The number of rotatable bonds is 6. The number of piperidine rings is 1. The average molecular weight is 527 g/mol. The minimum Gasteiger partial charge on any atom is -0.490 e. The van der Waals surface area contributed by atoms with Gasteiger partial charge in [-0.2, -0.15) is 0 Å². The van der Waals surface area contributed by atoms with Crippen LogP contribution < -0.4 is 4.74 Å². The third-order valence-electron chi connectivity index (χ3n) is 5.82. The minimum atomic E-state index is 0.145. The topological polar surface area (TPSA) is 24.9 Å². The van der Waals surface area contributed by atoms with Crippen LogP contribution in [0, 0.1) is 3.57 Å². The predicted molar refractivity (Wildman–Crippen MR) is 126 cm³/mol. The Labute approximate surface area is 192 Å². The number of halogens is 2. The van der Waals surface area contributed by atoms with E-state index in [9.17, 15) is 0 Å². The molecule has 2 aliphatic rings. The molecule has 1 atom stereocenters. The molecule has 4 nitrogen and oxygen atoms in total. The smallest absolute Gasteiger partial charge is 0.132 e. The molecule has 0 radical (unpaired) electrons. The molecular formula is C23H28ClIN2O2. The van der Waals surface area contributed by atoms with Gasteiger partial charge in [0.15, 0.2) is 0 Å². The monoisotopic (exact) mass is 526 g/mol. The molecule has 0 amide bonds. The van der Waals surface area contributed by atoms with Gasteiger partial charge in [0, 0.05) is 30.7 Å². The molecule has 0 aliphatic carbocycles. The summed E-state index contributed by atoms with van der Waals surface area (Å²) >= 11 is 8.32. The Hall–Kier alpha value is -0.860. The summed E-state index contributed by atoms with van der Waals surface area (Å²) in [4.78, 5) is 5.17. The maximum absolute atomic E-state index is 6.03. The van der Waals surface area contributed by atoms with Gasteiger partial charge in [0.1, 0.15) is 18.5 Å². The van der Waals surface area contributed by atoms with Crippen LogP contribution in [-0.2, 0) is 11.3 Å². The van der Waals surface area contributed by atoms with E-state index in [0.717, 1.165) is 53.7 Å². The van der Waals surface area contributed by atoms with Crippen molar-refractivity contribution < 1.29 is 9.47 Å². The van der Waals surface area contributed by atoms with E-state index in [4.69, 9.17) is 21.1 Å². The lowest BCUT2D eigenvalue weighted by molar-refractivity contribution is -0.0675. The van der Waals surface area contributed by atoms with Crippen LogP contribution in [0.1, 0.15) is 18.4 Å². The molecule has 2 saturated heterocycles. The lowest BCUT2D eigenvalue weighted by Crippen LogP contribution is -2.52. The molecule has 2 fully saturated rings. The molecule has 0 N–H and O–H groups in total. The van der Waals surface area contributed by atoms with E-state index in [1.165, 1.54) is 18.4 Å². The summed E-state index contributed by atoms with van der Waals surface area (Å²) in [6.07, 6.45) is 2.59. The van der Waals surface area contributed by atoms with Gasteiger partial charge >= 0.3 is 0 Å². The van der Waals surface area contributed by atoms with Crippen molar-refractivity contribution in [3.05, 3.63) is 62.7 Å². The second kappa shape index (κ2) is 10.4. The van der Waals surface area contributed by atoms with Crippen LogP contribution in [0.3, 0.4) is 0 Å². The Kier molecular flexibility index (Phi) is 7.70. The number of morpholine rings is 1. The van der Waals surface area contributed by atoms with Crippen LogP contribution >= 0.6 is 34.2 Å². The fourth-order valence-corrected chi connectivity index (χ4v) is 4.88. The summed E-state index contributed by atoms with van der Waals surface area (Å²) in [7, 11) is 0. The molecule has 0 saturated carbocycles. The van der Waals surface area contributed by atoms with Gasteiger partial charge in [-0.25, -0.2) is 0 Å². The van der Waals surface area contributed by atoms with Crippen LogP contribution in [0.5, 0.6) is 5.75 Å². The van der Waals surface area contributed by atoms with E-state index in [-0.39, 0.29) is 6.10 Å². The SMILES string of the molecule is Clc1ccc(CN2CCC(N3CCOC(COc4ccccc4I)C3)CC2)cc1. The summed E-state index contributed by atoms with van der Waals surface area (Å²) in [5.74, 6) is 0.948. The first kappa shape index (κ1) is 21.4. The largest absolute Gasteiger partial charge is 0.490 e. The molecule has 2 heterocycles. The molecule has 6 heteroatoms. The van der Waals surface area contributed by atoms with Crippen LogP contribution in [0.25, 0.3) is 0 Å². The molecule has 0 aromatic heterocycles. The van der Waals surface area contributed by atoms with Crippen molar-refractivity contribution >= 4 is 34.2 Å². The lowest BCUT2D eigenvalue weighted by atomic mass is 10.0. The normalized spacial score (nSPS) is 21.9. The highest BCUT2D eigenvalue weighted by molar-refractivity contribution is 14.1. The van der Waals surface area contributed by atoms with Gasteiger partial charge in [0.05, 0.1) is 10.2 Å². The van der Waals surface area contributed by atoms with Gasteiger partial charge in [-0.15, -0.1) is 0 Å². The van der Waals surface area contributed by atoms with Crippen LogP contribution in [-0.4, -0.2) is 61.3 Å². The first-order valence-electron chi connectivity index (χ1n) is 10.4. The van der Waals surface area contributed by atoms with Crippen molar-refractivity contribution in [3.8, 4) is 5.75 Å². The van der Waals surface area contributed by atoms with E-state index in [2.05, 4.69) is 50.6 Å². The zero-order chi connectivity index (χ0) is 20.1. The number of nitrogens with zero attached hydrogens (tertiary/aromatic N) is 2. The lowest BCUT2D eigenvalue weighted by Gasteiger charge is -2.42. The highest BCUT2D eigenvalue weighted by Gasteiger charge is 2.29. The molecule has 4 rings (SSSR count). The summed E-state index contributed by atoms with van der Waals surface area (Å²) in [5, 5.41) is 0.806. The standard InChI is InChI=1S/C23H28ClIN2O2/c24-19-7-5-18(6-8-19)15-26-11-9-20(10-12-26)27-13-14-28-21(16-27)17-29-23-4-2-1-3-22(23)25/h1-8,20-21H,9-17H2. The summed E-state index contributed by atoms with van der Waals surface area (Å²) in [6.45, 7) is 6.71. The van der Waals surface area contributed by atoms with Crippen LogP contribution in [0.15, 0.2) is 48.5 Å². The van der Waals surface area contributed by atoms with Crippen molar-refractivity contribution in [3.63, 3.8) is 0 Å². The quantitative estimate of drug-likeness (QED) is 0.510. The van der Waals surface area contributed by atoms with E-state index in [1.54, 1.807) is 0 Å². The van der Waals surface area contributed by atoms with Gasteiger partial charge in [0.25, 0.3) is 0 Å². The third kappa shape index (κ3) is 6.07. The Morgan fingerprint density at radius 2 is 1.79 bits per heavy atom. The molecule has 156 valence electrons. The zero-order valence-corrected chi connectivity index (χ0v) is 19.5. The van der Waals surface area contributed by atoms with E-state index in [1.807, 2.05) is 30.3 Å². The Morgan fingerprint density at radius 1 is 1.03 bits per heavy atom. The second-order valence-corrected chi connectivity index (χ2v) is 9.46. The van der Waals surface area contributed by atoms with Gasteiger partial charge < -0.3 is 9.47 Å². The fourth-order valence-electron chi connectivity index (χ4n) is 4.21. The molecular weight excluding hydrogens is 499 g/mol. The molecule has 2 aromatic rings. The van der Waals surface area contributed by atoms with Gasteiger partial charge in [-0.1, -0.05) is 35.9 Å². The highest BCUT2D eigenvalue weighted by Crippen LogP contribution is 2.23. The number of para-hydroxylation sites is 1. The third-order valence-corrected chi connectivity index (χ3v) is 6.97. The summed E-state index contributed by atoms with van der Waals surface area (Å²) in [6, 6.07) is 17.0. The molecule has 2 aromatic carbocycles. The van der Waals surface area contributed by atoms with Crippen molar-refractivity contribution in [2.24, 2.45) is 0 Å². The van der Waals surface area contributed by atoms with E-state index in [0.29, 0.717) is 12.6 Å². The fraction of sp³-hybridized carbons (Fsp3) is 0.478. The van der Waals surface area contributed by atoms with E-state index >= 15 is 0 Å². The Bertz CT molecular complexity index is 781. The molecule has 1 unspecified atom stereocenters. The molecule has 29 heavy (non-hydrogen) atoms. The van der Waals surface area contributed by atoms with Crippen LogP contribution in [0.4, 0.5) is 0 Å². The van der Waals surface area contributed by atoms with Crippen molar-refractivity contribution in [2.75, 3.05) is 39.4 Å². The maximum atomic E-state index is 6.03. The Morgan fingerprint density at radius 3 is 2.55 bits per heavy atom. The molecule has 0 bridgehead atoms. The summed E-state index contributed by atoms with van der Waals surface area (Å²) < 4.78 is 13.2. The number of benzene rings is 2. The Balaban J connectivity index is 1.23. The number of hydrogen-bond acceptors (Lipinski definition) is 4. The predicted octanol–water partition coefficient (Wildman–Crippen LogP) is 4.69. The first-order chi connectivity index (χ1) is 14.2. The maximum Gasteiger partial charge on any atom is 0.132 e. The first-order valence-corrected chi connectivity index (χ1v) is 11.8. The van der Waals surface area contributed by atoms with Gasteiger partial charge in [-0.3, -0.25) is 9.80 Å². The zero-order valence-electron chi connectivity index (χ0n) is 16.6. The molecule has 0 spiro atoms. The van der Waals surface area contributed by atoms with Crippen molar-refractivity contribution in [1.82, 2.24) is 9.80 Å². The second-order valence-electron chi connectivity index (χ2n) is 7.86. The van der Waals surface area contributed by atoms with E-state index < -0.39 is 0 Å². The van der Waals surface area contributed by atoms with Crippen LogP contribution in [0.2, 0.25) is 5.02 Å². The van der Waals surface area contributed by atoms with Crippen molar-refractivity contribution in [1.29, 1.82) is 0 Å². The number of hydrogen-bond donors (Lipinski definition) is 0. The molecule has 2 aliphatic heterocycles. The van der Waals surface area contributed by atoms with Gasteiger partial charge in [-0.05, 0) is 78.4 Å². The summed E-state index contributed by atoms with van der Waals surface area (Å²) in [5.41, 5.74) is 1.34. The number of likely N-dealkylation sites (tertiary alicyclic amines) is 1. The number of ether oxygens (including phenoxy) is 2. The minimum absolute atomic E-state index is 0.145. The van der Waals surface area contributed by atoms with Crippen molar-refractivity contribution in [2.45, 2.75) is 31.5 Å². The van der Waals surface area contributed by atoms with Gasteiger partial charge in [0.2, 0.25) is 0 Å². The highest BCUT2D eigenvalue weighted by atomic mass is 127. The average Bonchev–Trinajstić information content (AvgIpc) is 2.76.